The summed E-state index contributed by atoms with van der Waals surface area (Å²) in [5.74, 6) is -0.556. The Labute approximate surface area is 123 Å². The molecule has 0 fully saturated rings. The van der Waals surface area contributed by atoms with Crippen LogP contribution in [-0.4, -0.2) is 8.42 Å². The Bertz CT molecular complexity index is 684. The predicted octanol–water partition coefficient (Wildman–Crippen LogP) is 4.04. The normalized spacial score (nSPS) is 11.3. The Morgan fingerprint density at radius 2 is 1.79 bits per heavy atom. The summed E-state index contributed by atoms with van der Waals surface area (Å²) in [5, 5.41) is -0.0219. The summed E-state index contributed by atoms with van der Waals surface area (Å²) in [5.41, 5.74) is 0.104. The van der Waals surface area contributed by atoms with Gasteiger partial charge >= 0.3 is 0 Å². The number of halogens is 3. The molecule has 0 aliphatic rings. The number of hydrogen-bond acceptors (Lipinski definition) is 2. The van der Waals surface area contributed by atoms with Crippen LogP contribution >= 0.6 is 27.5 Å². The van der Waals surface area contributed by atoms with Gasteiger partial charge in [0, 0.05) is 4.47 Å². The molecule has 0 radical (unpaired) electrons. The molecule has 0 unspecified atom stereocenters. The van der Waals surface area contributed by atoms with Crippen LogP contribution in [0.4, 0.5) is 10.1 Å². The van der Waals surface area contributed by atoms with Gasteiger partial charge in [0.1, 0.15) is 5.82 Å². The number of benzene rings is 2. The second kappa shape index (κ2) is 5.48. The van der Waals surface area contributed by atoms with Gasteiger partial charge in [-0.2, -0.15) is 0 Å². The minimum atomic E-state index is -3.76. The van der Waals surface area contributed by atoms with Gasteiger partial charge in [0.05, 0.1) is 15.6 Å². The van der Waals surface area contributed by atoms with E-state index in [1.165, 1.54) is 12.1 Å². The van der Waals surface area contributed by atoms with Gasteiger partial charge in [-0.3, -0.25) is 4.72 Å². The Kier molecular flexibility index (Phi) is 4.13. The molecule has 7 heteroatoms. The van der Waals surface area contributed by atoms with Gasteiger partial charge in [0.25, 0.3) is 10.0 Å². The molecule has 0 saturated carbocycles. The summed E-state index contributed by atoms with van der Waals surface area (Å²) in [6.07, 6.45) is 0. The van der Waals surface area contributed by atoms with E-state index in [2.05, 4.69) is 20.7 Å². The smallest absolute Gasteiger partial charge is 0.261 e. The topological polar surface area (TPSA) is 46.2 Å². The molecule has 100 valence electrons. The van der Waals surface area contributed by atoms with E-state index in [-0.39, 0.29) is 20.1 Å². The van der Waals surface area contributed by atoms with Gasteiger partial charge in [0.2, 0.25) is 0 Å². The van der Waals surface area contributed by atoms with Crippen molar-refractivity contribution in [1.29, 1.82) is 0 Å². The molecule has 0 aromatic heterocycles. The van der Waals surface area contributed by atoms with Crippen molar-refractivity contribution >= 4 is 43.2 Å². The molecule has 0 atom stereocenters. The number of nitrogens with one attached hydrogen (secondary N) is 1. The number of hydrogen-bond donors (Lipinski definition) is 1. The average Bonchev–Trinajstić information content (AvgIpc) is 2.35. The first-order chi connectivity index (χ1) is 8.90. The second-order valence-electron chi connectivity index (χ2n) is 3.66. The summed E-state index contributed by atoms with van der Waals surface area (Å²) in [6, 6.07) is 10.00. The van der Waals surface area contributed by atoms with Crippen LogP contribution in [0.1, 0.15) is 0 Å². The lowest BCUT2D eigenvalue weighted by molar-refractivity contribution is 0.601. The molecule has 0 heterocycles. The average molecular weight is 365 g/mol. The van der Waals surface area contributed by atoms with Gasteiger partial charge < -0.3 is 0 Å². The minimum Gasteiger partial charge on any atom is -0.277 e. The zero-order valence-corrected chi connectivity index (χ0v) is 12.6. The Morgan fingerprint density at radius 1 is 1.16 bits per heavy atom. The van der Waals surface area contributed by atoms with Crippen molar-refractivity contribution < 1.29 is 12.8 Å². The van der Waals surface area contributed by atoms with Gasteiger partial charge in [-0.15, -0.1) is 0 Å². The molecule has 0 aliphatic carbocycles. The molecule has 19 heavy (non-hydrogen) atoms. The van der Waals surface area contributed by atoms with Crippen LogP contribution < -0.4 is 4.72 Å². The van der Waals surface area contributed by atoms with E-state index < -0.39 is 15.8 Å². The molecule has 0 saturated heterocycles. The molecule has 2 aromatic rings. The van der Waals surface area contributed by atoms with Crippen LogP contribution in [0.2, 0.25) is 5.02 Å². The van der Waals surface area contributed by atoms with Gasteiger partial charge in [-0.05, 0) is 40.2 Å². The highest BCUT2D eigenvalue weighted by Crippen LogP contribution is 2.33. The highest BCUT2D eigenvalue weighted by atomic mass is 79.9. The molecule has 1 N–H and O–H groups in total. The molecule has 0 bridgehead atoms. The molecule has 0 spiro atoms. The molecule has 2 rings (SSSR count). The maximum absolute atomic E-state index is 13.1. The Balaban J connectivity index is 2.42. The summed E-state index contributed by atoms with van der Waals surface area (Å²) < 4.78 is 39.8. The van der Waals surface area contributed by atoms with E-state index in [4.69, 9.17) is 11.6 Å². The first kappa shape index (κ1) is 14.3. The highest BCUT2D eigenvalue weighted by molar-refractivity contribution is 9.10. The third kappa shape index (κ3) is 3.26. The van der Waals surface area contributed by atoms with Crippen LogP contribution in [0.3, 0.4) is 0 Å². The Morgan fingerprint density at radius 3 is 2.37 bits per heavy atom. The third-order valence-electron chi connectivity index (χ3n) is 2.30. The standard InChI is InChI=1S/C12H8BrClFNO2S/c13-10-6-8(15)7-11(14)12(10)16-19(17,18)9-4-2-1-3-5-9/h1-7,16H. The summed E-state index contributed by atoms with van der Waals surface area (Å²) in [4.78, 5) is 0.0993. The van der Waals surface area contributed by atoms with Crippen molar-refractivity contribution in [1.82, 2.24) is 0 Å². The molecule has 0 aliphatic heterocycles. The van der Waals surface area contributed by atoms with E-state index in [1.807, 2.05) is 0 Å². The monoisotopic (exact) mass is 363 g/mol. The number of anilines is 1. The first-order valence-corrected chi connectivity index (χ1v) is 7.78. The van der Waals surface area contributed by atoms with Crippen molar-refractivity contribution in [3.05, 3.63) is 57.8 Å². The van der Waals surface area contributed by atoms with Crippen molar-refractivity contribution in [2.75, 3.05) is 4.72 Å². The highest BCUT2D eigenvalue weighted by Gasteiger charge is 2.17. The molecular weight excluding hydrogens is 357 g/mol. The first-order valence-electron chi connectivity index (χ1n) is 5.12. The number of sulfonamides is 1. The second-order valence-corrected chi connectivity index (χ2v) is 6.61. The maximum Gasteiger partial charge on any atom is 0.261 e. The molecule has 0 amide bonds. The van der Waals surface area contributed by atoms with Crippen molar-refractivity contribution in [2.24, 2.45) is 0 Å². The zero-order chi connectivity index (χ0) is 14.0. The van der Waals surface area contributed by atoms with E-state index in [9.17, 15) is 12.8 Å². The van der Waals surface area contributed by atoms with Crippen LogP contribution in [0.15, 0.2) is 51.8 Å². The fourth-order valence-corrected chi connectivity index (χ4v) is 3.64. The largest absolute Gasteiger partial charge is 0.277 e. The lowest BCUT2D eigenvalue weighted by atomic mass is 10.3. The Hall–Kier alpha value is -1.11. The molecule has 3 nitrogen and oxygen atoms in total. The van der Waals surface area contributed by atoms with Gasteiger partial charge in [-0.25, -0.2) is 12.8 Å². The van der Waals surface area contributed by atoms with E-state index in [0.29, 0.717) is 0 Å². The lowest BCUT2D eigenvalue weighted by Crippen LogP contribution is -2.13. The summed E-state index contributed by atoms with van der Waals surface area (Å²) in [6.45, 7) is 0. The van der Waals surface area contributed by atoms with Crippen LogP contribution in [0.25, 0.3) is 0 Å². The SMILES string of the molecule is O=S(=O)(Nc1c(Cl)cc(F)cc1Br)c1ccccc1. The van der Waals surface area contributed by atoms with E-state index in [0.717, 1.165) is 12.1 Å². The lowest BCUT2D eigenvalue weighted by Gasteiger charge is -2.11. The zero-order valence-electron chi connectivity index (χ0n) is 9.40. The molecular formula is C12H8BrClFNO2S. The summed E-state index contributed by atoms with van der Waals surface area (Å²) in [7, 11) is -3.76. The van der Waals surface area contributed by atoms with Crippen LogP contribution in [-0.2, 0) is 10.0 Å². The number of rotatable bonds is 3. The van der Waals surface area contributed by atoms with E-state index in [1.54, 1.807) is 18.2 Å². The van der Waals surface area contributed by atoms with Crippen LogP contribution in [0.5, 0.6) is 0 Å². The third-order valence-corrected chi connectivity index (χ3v) is 4.59. The molecule has 2 aromatic carbocycles. The fraction of sp³-hybridized carbons (Fsp3) is 0. The van der Waals surface area contributed by atoms with Gasteiger partial charge in [-0.1, -0.05) is 29.8 Å². The van der Waals surface area contributed by atoms with Gasteiger partial charge in [0.15, 0.2) is 0 Å². The minimum absolute atomic E-state index is 0.0219. The fourth-order valence-electron chi connectivity index (χ4n) is 1.43. The maximum atomic E-state index is 13.1. The van der Waals surface area contributed by atoms with Crippen molar-refractivity contribution in [2.45, 2.75) is 4.90 Å². The van der Waals surface area contributed by atoms with Crippen molar-refractivity contribution in [3.8, 4) is 0 Å². The predicted molar refractivity (Wildman–Crippen MR) is 76.4 cm³/mol. The summed E-state index contributed by atoms with van der Waals surface area (Å²) >= 11 is 8.90. The quantitative estimate of drug-likeness (QED) is 0.893. The van der Waals surface area contributed by atoms with Crippen molar-refractivity contribution in [3.63, 3.8) is 0 Å². The van der Waals surface area contributed by atoms with E-state index >= 15 is 0 Å². The van der Waals surface area contributed by atoms with Crippen LogP contribution in [0, 0.1) is 5.82 Å².